The second-order valence-corrected chi connectivity index (χ2v) is 7.25. The molecule has 31 heavy (non-hydrogen) atoms. The number of phenolic OH excluding ortho intramolecular Hbond substituents is 1. The number of hydrogen-bond acceptors (Lipinski definition) is 6. The Balaban J connectivity index is 1.63. The van der Waals surface area contributed by atoms with E-state index in [9.17, 15) is 5.11 Å². The SMILES string of the molecule is COc1ccc(-c2cnc(N)nc2-c2ccc(OCc3ccc(Cl)cc3)cc2O)cc1. The summed E-state index contributed by atoms with van der Waals surface area (Å²) in [6.07, 6.45) is 1.64. The highest BCUT2D eigenvalue weighted by molar-refractivity contribution is 6.30. The number of nitrogen functional groups attached to an aromatic ring is 1. The molecule has 3 N–H and O–H groups in total. The molecule has 4 rings (SSSR count). The molecule has 6 nitrogen and oxygen atoms in total. The molecule has 0 bridgehead atoms. The van der Waals surface area contributed by atoms with Crippen molar-refractivity contribution in [2.24, 2.45) is 0 Å². The van der Waals surface area contributed by atoms with Gasteiger partial charge in [0, 0.05) is 28.4 Å². The summed E-state index contributed by atoms with van der Waals surface area (Å²) in [4.78, 5) is 8.50. The van der Waals surface area contributed by atoms with Crippen LogP contribution < -0.4 is 15.2 Å². The molecule has 156 valence electrons. The number of benzene rings is 3. The zero-order valence-electron chi connectivity index (χ0n) is 16.7. The number of ether oxygens (including phenoxy) is 2. The standard InChI is InChI=1S/C24H20ClN3O3/c1-30-18-8-4-16(5-9-18)21-13-27-24(26)28-23(21)20-11-10-19(12-22(20)29)31-14-15-2-6-17(25)7-3-15/h2-13,29H,14H2,1H3,(H2,26,27,28). The van der Waals surface area contributed by atoms with Gasteiger partial charge in [-0.3, -0.25) is 0 Å². The number of aromatic nitrogens is 2. The number of nitrogens with zero attached hydrogens (tertiary/aromatic N) is 2. The summed E-state index contributed by atoms with van der Waals surface area (Å²) in [6.45, 7) is 0.355. The Labute approximate surface area is 184 Å². The van der Waals surface area contributed by atoms with Gasteiger partial charge in [0.15, 0.2) is 0 Å². The van der Waals surface area contributed by atoms with E-state index < -0.39 is 0 Å². The van der Waals surface area contributed by atoms with Gasteiger partial charge in [-0.25, -0.2) is 9.97 Å². The summed E-state index contributed by atoms with van der Waals surface area (Å²) >= 11 is 5.91. The normalized spacial score (nSPS) is 10.6. The van der Waals surface area contributed by atoms with Crippen LogP contribution in [0.3, 0.4) is 0 Å². The fourth-order valence-electron chi connectivity index (χ4n) is 3.13. The van der Waals surface area contributed by atoms with E-state index in [2.05, 4.69) is 9.97 Å². The van der Waals surface area contributed by atoms with E-state index in [1.54, 1.807) is 43.6 Å². The summed E-state index contributed by atoms with van der Waals surface area (Å²) < 4.78 is 11.0. The first kappa shape index (κ1) is 20.5. The van der Waals surface area contributed by atoms with Crippen molar-refractivity contribution < 1.29 is 14.6 Å². The lowest BCUT2D eigenvalue weighted by atomic mass is 10.00. The van der Waals surface area contributed by atoms with Gasteiger partial charge in [0.05, 0.1) is 12.8 Å². The molecular weight excluding hydrogens is 414 g/mol. The molecule has 0 amide bonds. The number of halogens is 1. The summed E-state index contributed by atoms with van der Waals surface area (Å²) in [5, 5.41) is 11.4. The quantitative estimate of drug-likeness (QED) is 0.426. The predicted octanol–water partition coefficient (Wildman–Crippen LogP) is 5.34. The van der Waals surface area contributed by atoms with E-state index >= 15 is 0 Å². The molecule has 1 aromatic heterocycles. The van der Waals surface area contributed by atoms with E-state index in [0.29, 0.717) is 28.6 Å². The van der Waals surface area contributed by atoms with Gasteiger partial charge in [0.2, 0.25) is 5.95 Å². The first-order chi connectivity index (χ1) is 15.0. The highest BCUT2D eigenvalue weighted by atomic mass is 35.5. The maximum atomic E-state index is 10.7. The van der Waals surface area contributed by atoms with Gasteiger partial charge in [-0.15, -0.1) is 0 Å². The highest BCUT2D eigenvalue weighted by Crippen LogP contribution is 2.37. The van der Waals surface area contributed by atoms with Crippen LogP contribution in [0.25, 0.3) is 22.4 Å². The lowest BCUT2D eigenvalue weighted by Crippen LogP contribution is -1.99. The Morgan fingerprint density at radius 3 is 2.32 bits per heavy atom. The Hall–Kier alpha value is -3.77. The van der Waals surface area contributed by atoms with E-state index in [1.165, 1.54) is 0 Å². The Kier molecular flexibility index (Phi) is 5.91. The average Bonchev–Trinajstić information content (AvgIpc) is 2.79. The van der Waals surface area contributed by atoms with Gasteiger partial charge in [0.25, 0.3) is 0 Å². The number of phenols is 1. The van der Waals surface area contributed by atoms with Gasteiger partial charge in [-0.2, -0.15) is 0 Å². The minimum atomic E-state index is 0.0291. The fraction of sp³-hybridized carbons (Fsp3) is 0.0833. The van der Waals surface area contributed by atoms with Crippen LogP contribution in [0.2, 0.25) is 5.02 Å². The number of nitrogens with two attached hydrogens (primary N) is 1. The monoisotopic (exact) mass is 433 g/mol. The van der Waals surface area contributed by atoms with Crippen molar-refractivity contribution in [3.63, 3.8) is 0 Å². The largest absolute Gasteiger partial charge is 0.507 e. The van der Waals surface area contributed by atoms with Gasteiger partial charge in [-0.1, -0.05) is 35.9 Å². The number of aromatic hydroxyl groups is 1. The van der Waals surface area contributed by atoms with E-state index in [4.69, 9.17) is 26.8 Å². The van der Waals surface area contributed by atoms with Crippen LogP contribution in [-0.4, -0.2) is 22.2 Å². The molecule has 4 aromatic rings. The average molecular weight is 434 g/mol. The molecule has 0 saturated heterocycles. The highest BCUT2D eigenvalue weighted by Gasteiger charge is 2.15. The van der Waals surface area contributed by atoms with Crippen LogP contribution in [-0.2, 0) is 6.61 Å². The van der Waals surface area contributed by atoms with Gasteiger partial charge in [-0.05, 0) is 47.5 Å². The zero-order chi connectivity index (χ0) is 21.8. The fourth-order valence-corrected chi connectivity index (χ4v) is 3.26. The van der Waals surface area contributed by atoms with Crippen LogP contribution in [0, 0.1) is 0 Å². The van der Waals surface area contributed by atoms with Crippen LogP contribution in [0.4, 0.5) is 5.95 Å². The van der Waals surface area contributed by atoms with Crippen LogP contribution in [0.1, 0.15) is 5.56 Å². The number of methoxy groups -OCH3 is 1. The maximum absolute atomic E-state index is 10.7. The van der Waals surface area contributed by atoms with E-state index in [0.717, 1.165) is 22.4 Å². The second kappa shape index (κ2) is 8.93. The van der Waals surface area contributed by atoms with Gasteiger partial charge in [0.1, 0.15) is 23.9 Å². The van der Waals surface area contributed by atoms with Crippen LogP contribution >= 0.6 is 11.6 Å². The molecule has 0 radical (unpaired) electrons. The Morgan fingerprint density at radius 1 is 0.935 bits per heavy atom. The molecule has 0 fully saturated rings. The van der Waals surface area contributed by atoms with Crippen LogP contribution in [0.5, 0.6) is 17.2 Å². The lowest BCUT2D eigenvalue weighted by Gasteiger charge is -2.13. The maximum Gasteiger partial charge on any atom is 0.220 e. The molecule has 0 aliphatic rings. The van der Waals surface area contributed by atoms with Crippen molar-refractivity contribution in [1.82, 2.24) is 9.97 Å². The molecule has 3 aromatic carbocycles. The second-order valence-electron chi connectivity index (χ2n) is 6.81. The molecule has 0 atom stereocenters. The summed E-state index contributed by atoms with van der Waals surface area (Å²) in [7, 11) is 1.61. The van der Waals surface area contributed by atoms with Crippen molar-refractivity contribution in [2.45, 2.75) is 6.61 Å². The van der Waals surface area contributed by atoms with Crippen molar-refractivity contribution in [2.75, 3.05) is 12.8 Å². The zero-order valence-corrected chi connectivity index (χ0v) is 17.5. The predicted molar refractivity (Wildman–Crippen MR) is 121 cm³/mol. The molecule has 1 heterocycles. The van der Waals surface area contributed by atoms with Crippen molar-refractivity contribution in [1.29, 1.82) is 0 Å². The number of rotatable bonds is 6. The molecule has 0 aliphatic heterocycles. The molecular formula is C24H20ClN3O3. The minimum Gasteiger partial charge on any atom is -0.507 e. The van der Waals surface area contributed by atoms with Gasteiger partial charge >= 0.3 is 0 Å². The Morgan fingerprint density at radius 2 is 1.65 bits per heavy atom. The third-order valence-corrected chi connectivity index (χ3v) is 5.00. The van der Waals surface area contributed by atoms with Crippen LogP contribution in [0.15, 0.2) is 72.9 Å². The topological polar surface area (TPSA) is 90.5 Å². The summed E-state index contributed by atoms with van der Waals surface area (Å²) in [5.74, 6) is 1.42. The lowest BCUT2D eigenvalue weighted by molar-refractivity contribution is 0.304. The number of anilines is 1. The minimum absolute atomic E-state index is 0.0291. The van der Waals surface area contributed by atoms with E-state index in [1.807, 2.05) is 36.4 Å². The molecule has 0 aliphatic carbocycles. The molecule has 7 heteroatoms. The third-order valence-electron chi connectivity index (χ3n) is 4.75. The molecule has 0 saturated carbocycles. The van der Waals surface area contributed by atoms with Gasteiger partial charge < -0.3 is 20.3 Å². The first-order valence-electron chi connectivity index (χ1n) is 9.51. The van der Waals surface area contributed by atoms with E-state index in [-0.39, 0.29) is 11.7 Å². The summed E-state index contributed by atoms with van der Waals surface area (Å²) in [6, 6.07) is 20.0. The van der Waals surface area contributed by atoms with Crippen molar-refractivity contribution in [3.8, 4) is 39.6 Å². The molecule has 0 unspecified atom stereocenters. The third kappa shape index (κ3) is 4.70. The summed E-state index contributed by atoms with van der Waals surface area (Å²) in [5.41, 5.74) is 9.47. The Bertz CT molecular complexity index is 1200. The van der Waals surface area contributed by atoms with Crippen molar-refractivity contribution >= 4 is 17.5 Å². The smallest absolute Gasteiger partial charge is 0.220 e. The first-order valence-corrected chi connectivity index (χ1v) is 9.89. The molecule has 0 spiro atoms. The van der Waals surface area contributed by atoms with Crippen molar-refractivity contribution in [3.05, 3.63) is 83.5 Å². The number of hydrogen-bond donors (Lipinski definition) is 2.